The second-order valence-corrected chi connectivity index (χ2v) is 4.59. The average Bonchev–Trinajstić information content (AvgIpc) is 2.61. The predicted molar refractivity (Wildman–Crippen MR) is 36.0 cm³/mol. The van der Waals surface area contributed by atoms with Crippen LogP contribution in [0.3, 0.4) is 0 Å². The maximum absolute atomic E-state index is 3.75. The molecule has 3 aliphatic rings. The van der Waals surface area contributed by atoms with Crippen LogP contribution in [0, 0.1) is 10.8 Å². The molecule has 0 nitrogen and oxygen atoms in total. The molecule has 8 heavy (non-hydrogen) atoms. The molecule has 0 amide bonds. The zero-order valence-electron chi connectivity index (χ0n) is 4.78. The summed E-state index contributed by atoms with van der Waals surface area (Å²) in [4.78, 5) is 0.947. The molecule has 0 aromatic rings. The van der Waals surface area contributed by atoms with Crippen LogP contribution in [0.4, 0.5) is 0 Å². The molecule has 3 rings (SSSR count). The minimum atomic E-state index is 0.882. The van der Waals surface area contributed by atoms with Crippen molar-refractivity contribution in [2.75, 3.05) is 0 Å². The largest absolute Gasteiger partial charge is 0.0878 e. The maximum atomic E-state index is 3.75. The zero-order chi connectivity index (χ0) is 5.41. The van der Waals surface area contributed by atoms with Crippen molar-refractivity contribution in [1.29, 1.82) is 0 Å². The van der Waals surface area contributed by atoms with E-state index in [2.05, 4.69) is 15.9 Å². The fraction of sp³-hybridized carbons (Fsp3) is 1.00. The standard InChI is InChI=1S/C7H9Br/c8-5-6(1-2-6)7(5)3-4-7/h5H,1-4H2. The fourth-order valence-corrected chi connectivity index (χ4v) is 4.15. The Balaban J connectivity index is 2.06. The van der Waals surface area contributed by atoms with Crippen LogP contribution in [-0.2, 0) is 0 Å². The Morgan fingerprint density at radius 2 is 1.38 bits per heavy atom. The number of fused-ring (bicyclic) bond motifs is 1. The van der Waals surface area contributed by atoms with Gasteiger partial charge in [0.15, 0.2) is 0 Å². The van der Waals surface area contributed by atoms with Crippen LogP contribution >= 0.6 is 15.9 Å². The second kappa shape index (κ2) is 0.828. The van der Waals surface area contributed by atoms with Gasteiger partial charge in [0.2, 0.25) is 0 Å². The van der Waals surface area contributed by atoms with Crippen molar-refractivity contribution < 1.29 is 0 Å². The first-order chi connectivity index (χ1) is 3.82. The molecular weight excluding hydrogens is 164 g/mol. The number of hydrogen-bond donors (Lipinski definition) is 0. The Kier molecular flexibility index (Phi) is 0.447. The highest BCUT2D eigenvalue weighted by Crippen LogP contribution is 2.90. The van der Waals surface area contributed by atoms with Crippen LogP contribution in [-0.4, -0.2) is 4.83 Å². The Morgan fingerprint density at radius 3 is 1.50 bits per heavy atom. The molecule has 3 aliphatic carbocycles. The summed E-state index contributed by atoms with van der Waals surface area (Å²) in [6, 6.07) is 0. The lowest BCUT2D eigenvalue weighted by molar-refractivity contribution is 0.716. The van der Waals surface area contributed by atoms with Gasteiger partial charge in [0.25, 0.3) is 0 Å². The molecule has 0 heterocycles. The summed E-state index contributed by atoms with van der Waals surface area (Å²) in [6.45, 7) is 0. The number of rotatable bonds is 0. The van der Waals surface area contributed by atoms with Crippen molar-refractivity contribution in [3.05, 3.63) is 0 Å². The van der Waals surface area contributed by atoms with Crippen molar-refractivity contribution in [2.45, 2.75) is 30.5 Å². The van der Waals surface area contributed by atoms with Gasteiger partial charge in [-0.3, -0.25) is 0 Å². The maximum Gasteiger partial charge on any atom is 0.0270 e. The van der Waals surface area contributed by atoms with E-state index in [1.807, 2.05) is 0 Å². The third-order valence-corrected chi connectivity index (χ3v) is 5.21. The van der Waals surface area contributed by atoms with Crippen molar-refractivity contribution in [2.24, 2.45) is 10.8 Å². The first kappa shape index (κ1) is 4.32. The highest BCUT2D eigenvalue weighted by atomic mass is 79.9. The lowest BCUT2D eigenvalue weighted by Crippen LogP contribution is -1.70. The molecule has 0 aromatic carbocycles. The monoisotopic (exact) mass is 172 g/mol. The molecule has 0 unspecified atom stereocenters. The molecule has 0 aliphatic heterocycles. The topological polar surface area (TPSA) is 0 Å². The lowest BCUT2D eigenvalue weighted by Gasteiger charge is -1.75. The van der Waals surface area contributed by atoms with Gasteiger partial charge in [0.1, 0.15) is 0 Å². The van der Waals surface area contributed by atoms with Gasteiger partial charge < -0.3 is 0 Å². The molecule has 3 saturated carbocycles. The lowest BCUT2D eigenvalue weighted by atomic mass is 10.3. The van der Waals surface area contributed by atoms with Gasteiger partial charge in [-0.25, -0.2) is 0 Å². The SMILES string of the molecule is BrC1C2(CC2)C12CC2. The highest BCUT2D eigenvalue weighted by molar-refractivity contribution is 9.09. The molecular formula is C7H9Br. The van der Waals surface area contributed by atoms with Crippen molar-refractivity contribution >= 4 is 15.9 Å². The molecule has 0 bridgehead atoms. The van der Waals surface area contributed by atoms with E-state index in [1.165, 1.54) is 25.7 Å². The first-order valence-electron chi connectivity index (χ1n) is 3.46. The van der Waals surface area contributed by atoms with E-state index in [0.29, 0.717) is 0 Å². The number of hydrogen-bond acceptors (Lipinski definition) is 0. The van der Waals surface area contributed by atoms with Crippen LogP contribution in [0.2, 0.25) is 0 Å². The van der Waals surface area contributed by atoms with Gasteiger partial charge >= 0.3 is 0 Å². The Bertz CT molecular complexity index is 136. The van der Waals surface area contributed by atoms with Crippen molar-refractivity contribution in [1.82, 2.24) is 0 Å². The second-order valence-electron chi connectivity index (χ2n) is 3.67. The fourth-order valence-electron chi connectivity index (χ4n) is 2.45. The predicted octanol–water partition coefficient (Wildman–Crippen LogP) is 2.32. The normalized spacial score (nSPS) is 49.9. The molecule has 0 atom stereocenters. The summed E-state index contributed by atoms with van der Waals surface area (Å²) in [6.07, 6.45) is 6.12. The zero-order valence-corrected chi connectivity index (χ0v) is 6.37. The van der Waals surface area contributed by atoms with Gasteiger partial charge in [-0.1, -0.05) is 15.9 Å². The molecule has 3 fully saturated rings. The average molecular weight is 173 g/mol. The smallest absolute Gasteiger partial charge is 0.0270 e. The minimum absolute atomic E-state index is 0.882. The molecule has 0 saturated heterocycles. The van der Waals surface area contributed by atoms with Crippen LogP contribution in [0.15, 0.2) is 0 Å². The van der Waals surface area contributed by atoms with E-state index >= 15 is 0 Å². The molecule has 0 aromatic heterocycles. The van der Waals surface area contributed by atoms with E-state index in [4.69, 9.17) is 0 Å². The summed E-state index contributed by atoms with van der Waals surface area (Å²) >= 11 is 3.75. The highest BCUT2D eigenvalue weighted by Gasteiger charge is 2.85. The number of halogens is 1. The van der Waals surface area contributed by atoms with E-state index in [0.717, 1.165) is 15.7 Å². The van der Waals surface area contributed by atoms with Crippen LogP contribution < -0.4 is 0 Å². The van der Waals surface area contributed by atoms with Gasteiger partial charge in [-0.05, 0) is 36.5 Å². The third kappa shape index (κ3) is 0.224. The van der Waals surface area contributed by atoms with Gasteiger partial charge in [-0.2, -0.15) is 0 Å². The van der Waals surface area contributed by atoms with Crippen LogP contribution in [0.25, 0.3) is 0 Å². The van der Waals surface area contributed by atoms with E-state index in [-0.39, 0.29) is 0 Å². The Hall–Kier alpha value is 0.480. The first-order valence-corrected chi connectivity index (χ1v) is 4.38. The quantitative estimate of drug-likeness (QED) is 0.493. The summed E-state index contributed by atoms with van der Waals surface area (Å²) in [7, 11) is 0. The van der Waals surface area contributed by atoms with Gasteiger partial charge in [0, 0.05) is 4.83 Å². The molecule has 0 N–H and O–H groups in total. The molecule has 44 valence electrons. The Morgan fingerprint density at radius 1 is 1.00 bits per heavy atom. The van der Waals surface area contributed by atoms with Crippen LogP contribution in [0.5, 0.6) is 0 Å². The molecule has 1 heteroatoms. The number of alkyl halides is 1. The minimum Gasteiger partial charge on any atom is -0.0878 e. The van der Waals surface area contributed by atoms with E-state index in [1.54, 1.807) is 0 Å². The van der Waals surface area contributed by atoms with Gasteiger partial charge in [-0.15, -0.1) is 0 Å². The summed E-state index contributed by atoms with van der Waals surface area (Å²) in [5, 5.41) is 0. The third-order valence-electron chi connectivity index (χ3n) is 3.46. The van der Waals surface area contributed by atoms with Crippen molar-refractivity contribution in [3.63, 3.8) is 0 Å². The van der Waals surface area contributed by atoms with Gasteiger partial charge in [0.05, 0.1) is 0 Å². The molecule has 0 radical (unpaired) electrons. The Labute approximate surface area is 57.8 Å². The molecule has 2 spiro atoms. The summed E-state index contributed by atoms with van der Waals surface area (Å²) < 4.78 is 0. The summed E-state index contributed by atoms with van der Waals surface area (Å²) in [5.74, 6) is 0. The summed E-state index contributed by atoms with van der Waals surface area (Å²) in [5.41, 5.74) is 1.76. The van der Waals surface area contributed by atoms with E-state index in [9.17, 15) is 0 Å². The van der Waals surface area contributed by atoms with E-state index < -0.39 is 0 Å². The van der Waals surface area contributed by atoms with Crippen LogP contribution in [0.1, 0.15) is 25.7 Å². The van der Waals surface area contributed by atoms with Crippen molar-refractivity contribution in [3.8, 4) is 0 Å².